The lowest BCUT2D eigenvalue weighted by atomic mass is 9.77. The third-order valence-electron chi connectivity index (χ3n) is 6.74. The summed E-state index contributed by atoms with van der Waals surface area (Å²) in [4.78, 5) is 33.9. The van der Waals surface area contributed by atoms with E-state index < -0.39 is 18.6 Å². The SMILES string of the molecule is C[C@@](N)(C(=O)N1CC(CCSc2ccc3c(c2C(=O)O)OB(O)C2CC32)C1)c1cnc[nH]1. The van der Waals surface area contributed by atoms with E-state index in [4.69, 9.17) is 10.4 Å². The summed E-state index contributed by atoms with van der Waals surface area (Å²) in [7, 11) is -0.931. The van der Waals surface area contributed by atoms with Crippen LogP contribution in [0.2, 0.25) is 5.82 Å². The number of H-pyrrole nitrogens is 1. The minimum absolute atomic E-state index is 0.0792. The fourth-order valence-electron chi connectivity index (χ4n) is 4.66. The Morgan fingerprint density at radius 3 is 2.91 bits per heavy atom. The number of aromatic nitrogens is 2. The number of hydrogen-bond donors (Lipinski definition) is 4. The lowest BCUT2D eigenvalue weighted by Crippen LogP contribution is -2.59. The summed E-state index contributed by atoms with van der Waals surface area (Å²) >= 11 is 1.47. The lowest BCUT2D eigenvalue weighted by molar-refractivity contribution is -0.143. The van der Waals surface area contributed by atoms with E-state index in [2.05, 4.69) is 9.97 Å². The van der Waals surface area contributed by atoms with Crippen molar-refractivity contribution < 1.29 is 24.4 Å². The summed E-state index contributed by atoms with van der Waals surface area (Å²) < 4.78 is 5.58. The first-order chi connectivity index (χ1) is 15.3. The van der Waals surface area contributed by atoms with Gasteiger partial charge in [0.25, 0.3) is 0 Å². The first kappa shape index (κ1) is 21.4. The summed E-state index contributed by atoms with van der Waals surface area (Å²) in [5.41, 5.74) is 6.70. The van der Waals surface area contributed by atoms with Crippen molar-refractivity contribution in [2.24, 2.45) is 11.7 Å². The van der Waals surface area contributed by atoms with Crippen molar-refractivity contribution in [1.29, 1.82) is 0 Å². The summed E-state index contributed by atoms with van der Waals surface area (Å²) in [5, 5.41) is 19.9. The Kier molecular flexibility index (Phi) is 5.22. The predicted molar refractivity (Wildman–Crippen MR) is 119 cm³/mol. The number of thioether (sulfide) groups is 1. The molecule has 3 atom stereocenters. The zero-order chi connectivity index (χ0) is 22.6. The van der Waals surface area contributed by atoms with Crippen LogP contribution in [0.3, 0.4) is 0 Å². The van der Waals surface area contributed by atoms with Gasteiger partial charge in [-0.25, -0.2) is 9.78 Å². The Bertz CT molecular complexity index is 1060. The largest absolute Gasteiger partial charge is 0.535 e. The van der Waals surface area contributed by atoms with Crippen LogP contribution in [0.25, 0.3) is 0 Å². The summed E-state index contributed by atoms with van der Waals surface area (Å²) in [5.74, 6) is 0.478. The number of fused-ring (bicyclic) bond motifs is 3. The van der Waals surface area contributed by atoms with E-state index in [0.717, 1.165) is 24.2 Å². The number of imidazole rings is 1. The summed E-state index contributed by atoms with van der Waals surface area (Å²) in [6, 6.07) is 3.78. The minimum atomic E-state index is -1.14. The van der Waals surface area contributed by atoms with Gasteiger partial charge < -0.3 is 30.4 Å². The second kappa shape index (κ2) is 7.82. The zero-order valence-corrected chi connectivity index (χ0v) is 18.5. The predicted octanol–water partition coefficient (Wildman–Crippen LogP) is 1.65. The molecule has 3 aliphatic rings. The average molecular weight is 456 g/mol. The Labute approximate surface area is 189 Å². The minimum Gasteiger partial charge on any atom is -0.535 e. The van der Waals surface area contributed by atoms with Gasteiger partial charge in [0.2, 0.25) is 5.91 Å². The highest BCUT2D eigenvalue weighted by Gasteiger charge is 2.54. The molecule has 3 heterocycles. The van der Waals surface area contributed by atoms with Gasteiger partial charge in [-0.2, -0.15) is 0 Å². The Balaban J connectivity index is 1.17. The maximum atomic E-state index is 12.7. The van der Waals surface area contributed by atoms with Crippen molar-refractivity contribution in [1.82, 2.24) is 14.9 Å². The third kappa shape index (κ3) is 3.58. The molecule has 2 fully saturated rings. The first-order valence-electron chi connectivity index (χ1n) is 10.7. The van der Waals surface area contributed by atoms with Gasteiger partial charge in [-0.15, -0.1) is 11.8 Å². The molecule has 1 saturated carbocycles. The first-order valence-corrected chi connectivity index (χ1v) is 11.7. The number of nitrogens with two attached hydrogens (primary N) is 1. The standard InChI is InChI=1S/C21H25BN4O5S/c1-21(23,16-7-24-10-25-16)20(29)26-8-11(9-26)4-5-32-15-3-2-12-13-6-14(13)22(30)31-18(12)17(15)19(27)28/h2-3,7,10-11,13-14,30H,4-6,8-9,23H2,1H3,(H,24,25)(H,27,28)/t13?,14?,21-/m0/s1. The van der Waals surface area contributed by atoms with E-state index in [9.17, 15) is 19.7 Å². The van der Waals surface area contributed by atoms with Crippen molar-refractivity contribution in [3.63, 3.8) is 0 Å². The molecule has 9 nitrogen and oxygen atoms in total. The molecule has 168 valence electrons. The second-order valence-electron chi connectivity index (χ2n) is 9.06. The van der Waals surface area contributed by atoms with Gasteiger partial charge >= 0.3 is 13.1 Å². The number of hydrogen-bond acceptors (Lipinski definition) is 7. The van der Waals surface area contributed by atoms with Crippen LogP contribution in [0.15, 0.2) is 29.6 Å². The Morgan fingerprint density at radius 2 is 2.22 bits per heavy atom. The highest BCUT2D eigenvalue weighted by atomic mass is 32.2. The molecule has 0 bridgehead atoms. The van der Waals surface area contributed by atoms with Crippen LogP contribution < -0.4 is 10.4 Å². The summed E-state index contributed by atoms with van der Waals surface area (Å²) in [6.45, 7) is 2.95. The number of aromatic carboxylic acids is 1. The van der Waals surface area contributed by atoms with E-state index in [-0.39, 0.29) is 23.2 Å². The normalized spacial score (nSPS) is 23.5. The number of amides is 1. The van der Waals surface area contributed by atoms with E-state index in [1.54, 1.807) is 18.0 Å². The Hall–Kier alpha value is -2.50. The number of aromatic amines is 1. The van der Waals surface area contributed by atoms with E-state index >= 15 is 0 Å². The van der Waals surface area contributed by atoms with Crippen LogP contribution in [0.5, 0.6) is 5.75 Å². The molecule has 32 heavy (non-hydrogen) atoms. The van der Waals surface area contributed by atoms with Crippen LogP contribution in [-0.4, -0.2) is 62.8 Å². The number of carboxylic acid groups (broad SMARTS) is 1. The summed E-state index contributed by atoms with van der Waals surface area (Å²) in [6.07, 6.45) is 4.75. The number of likely N-dealkylation sites (tertiary alicyclic amines) is 1. The van der Waals surface area contributed by atoms with Crippen molar-refractivity contribution in [3.8, 4) is 5.75 Å². The average Bonchev–Trinajstić information content (AvgIpc) is 3.33. The zero-order valence-electron chi connectivity index (χ0n) is 17.7. The van der Waals surface area contributed by atoms with Crippen LogP contribution in [0.1, 0.15) is 47.3 Å². The quantitative estimate of drug-likeness (QED) is 0.364. The molecule has 5 N–H and O–H groups in total. The van der Waals surface area contributed by atoms with Crippen LogP contribution in [0.4, 0.5) is 0 Å². The Morgan fingerprint density at radius 1 is 1.44 bits per heavy atom. The molecule has 1 aromatic heterocycles. The number of nitrogens with zero attached hydrogens (tertiary/aromatic N) is 2. The topological polar surface area (TPSA) is 142 Å². The van der Waals surface area contributed by atoms with Crippen molar-refractivity contribution in [2.45, 2.75) is 41.9 Å². The van der Waals surface area contributed by atoms with Gasteiger partial charge in [-0.3, -0.25) is 4.79 Å². The molecule has 2 aliphatic heterocycles. The van der Waals surface area contributed by atoms with Gasteiger partial charge in [0.05, 0.1) is 18.2 Å². The van der Waals surface area contributed by atoms with E-state index in [0.29, 0.717) is 35.3 Å². The van der Waals surface area contributed by atoms with E-state index in [1.165, 1.54) is 18.1 Å². The number of carbonyl (C=O) groups is 2. The molecule has 0 radical (unpaired) electrons. The smallest absolute Gasteiger partial charge is 0.526 e. The fraction of sp³-hybridized carbons (Fsp3) is 0.476. The molecular formula is C21H25BN4O5S. The van der Waals surface area contributed by atoms with Crippen molar-refractivity contribution in [3.05, 3.63) is 41.5 Å². The molecule has 1 aromatic carbocycles. The molecule has 2 aromatic rings. The second-order valence-corrected chi connectivity index (χ2v) is 10.2. The molecule has 5 rings (SSSR count). The highest BCUT2D eigenvalue weighted by Crippen LogP contribution is 2.60. The number of nitrogens with one attached hydrogen (secondary N) is 1. The van der Waals surface area contributed by atoms with Crippen LogP contribution in [-0.2, 0) is 10.3 Å². The molecule has 2 unspecified atom stereocenters. The fourth-order valence-corrected chi connectivity index (χ4v) is 5.82. The third-order valence-corrected chi connectivity index (χ3v) is 7.83. The van der Waals surface area contributed by atoms with Crippen molar-refractivity contribution in [2.75, 3.05) is 18.8 Å². The van der Waals surface area contributed by atoms with Crippen molar-refractivity contribution >= 4 is 30.8 Å². The van der Waals surface area contributed by atoms with Gasteiger partial charge in [0.15, 0.2) is 0 Å². The molecule has 1 amide bonds. The van der Waals surface area contributed by atoms with Crippen LogP contribution >= 0.6 is 11.8 Å². The van der Waals surface area contributed by atoms with Crippen LogP contribution in [0, 0.1) is 5.92 Å². The molecule has 1 saturated heterocycles. The maximum absolute atomic E-state index is 12.7. The van der Waals surface area contributed by atoms with Gasteiger partial charge in [-0.1, -0.05) is 6.07 Å². The van der Waals surface area contributed by atoms with Gasteiger partial charge in [0, 0.05) is 23.8 Å². The van der Waals surface area contributed by atoms with E-state index in [1.807, 2.05) is 12.1 Å². The lowest BCUT2D eigenvalue weighted by Gasteiger charge is -2.42. The molecule has 1 aliphatic carbocycles. The molecule has 11 heteroatoms. The van der Waals surface area contributed by atoms with Gasteiger partial charge in [-0.05, 0) is 49.0 Å². The number of carbonyl (C=O) groups excluding carboxylic acids is 1. The number of benzene rings is 1. The molecule has 0 spiro atoms. The molecular weight excluding hydrogens is 431 g/mol. The number of rotatable bonds is 7. The van der Waals surface area contributed by atoms with Gasteiger partial charge in [0.1, 0.15) is 16.9 Å². The highest BCUT2D eigenvalue weighted by molar-refractivity contribution is 7.99. The monoisotopic (exact) mass is 456 g/mol. The number of carboxylic acids is 1. The maximum Gasteiger partial charge on any atom is 0.526 e.